The van der Waals surface area contributed by atoms with E-state index in [1.807, 2.05) is 25.6 Å². The molecule has 0 unspecified atom stereocenters. The number of rotatable bonds is 4. The second-order valence-electron chi connectivity index (χ2n) is 6.41. The van der Waals surface area contributed by atoms with E-state index < -0.39 is 15.8 Å². The maximum Gasteiger partial charge on any atom is 0.243 e. The first kappa shape index (κ1) is 18.0. The van der Waals surface area contributed by atoms with Crippen molar-refractivity contribution in [2.75, 3.05) is 26.2 Å². The summed E-state index contributed by atoms with van der Waals surface area (Å²) in [7, 11) is -1.72. The molecule has 3 rings (SSSR count). The summed E-state index contributed by atoms with van der Waals surface area (Å²) in [6.07, 6.45) is 0. The molecule has 1 aromatic heterocycles. The first-order chi connectivity index (χ1) is 11.8. The van der Waals surface area contributed by atoms with Gasteiger partial charge in [-0.15, -0.1) is 0 Å². The molecule has 0 atom stereocenters. The van der Waals surface area contributed by atoms with Crippen LogP contribution in [0.3, 0.4) is 0 Å². The Kier molecular flexibility index (Phi) is 4.95. The van der Waals surface area contributed by atoms with Gasteiger partial charge in [0.1, 0.15) is 5.82 Å². The van der Waals surface area contributed by atoms with E-state index in [9.17, 15) is 12.8 Å². The molecule has 0 amide bonds. The van der Waals surface area contributed by atoms with Crippen molar-refractivity contribution in [3.63, 3.8) is 0 Å². The molecule has 6 nitrogen and oxygen atoms in total. The average molecular weight is 366 g/mol. The van der Waals surface area contributed by atoms with Gasteiger partial charge >= 0.3 is 0 Å². The Bertz CT molecular complexity index is 871. The molecular weight excluding hydrogens is 343 g/mol. The lowest BCUT2D eigenvalue weighted by Gasteiger charge is -2.34. The zero-order valence-corrected chi connectivity index (χ0v) is 15.6. The number of nitrogens with zero attached hydrogens (tertiary/aromatic N) is 4. The second-order valence-corrected chi connectivity index (χ2v) is 8.35. The largest absolute Gasteiger partial charge is 0.296 e. The van der Waals surface area contributed by atoms with Crippen LogP contribution in [0.1, 0.15) is 17.0 Å². The summed E-state index contributed by atoms with van der Waals surface area (Å²) in [6.45, 7) is 6.88. The van der Waals surface area contributed by atoms with Crippen molar-refractivity contribution in [2.24, 2.45) is 7.05 Å². The Morgan fingerprint density at radius 2 is 1.84 bits per heavy atom. The van der Waals surface area contributed by atoms with E-state index >= 15 is 0 Å². The van der Waals surface area contributed by atoms with E-state index in [1.165, 1.54) is 28.1 Å². The number of aryl methyl sites for hydroxylation is 2. The maximum atomic E-state index is 13.3. The molecule has 1 aliphatic rings. The summed E-state index contributed by atoms with van der Waals surface area (Å²) in [4.78, 5) is 2.24. The Morgan fingerprint density at radius 3 is 2.40 bits per heavy atom. The Balaban J connectivity index is 1.67. The number of benzene rings is 1. The predicted molar refractivity (Wildman–Crippen MR) is 93.1 cm³/mol. The molecule has 2 heterocycles. The minimum Gasteiger partial charge on any atom is -0.296 e. The molecular formula is C17H23FN4O2S. The van der Waals surface area contributed by atoms with E-state index in [0.717, 1.165) is 24.0 Å². The average Bonchev–Trinajstić information content (AvgIpc) is 2.82. The van der Waals surface area contributed by atoms with Gasteiger partial charge in [0.25, 0.3) is 0 Å². The lowest BCUT2D eigenvalue weighted by atomic mass is 10.1. The van der Waals surface area contributed by atoms with Crippen molar-refractivity contribution in [1.82, 2.24) is 19.0 Å². The SMILES string of the molecule is Cc1nn(C)c(C)c1CN1CCN(S(=O)(=O)c2cccc(F)c2)CC1. The van der Waals surface area contributed by atoms with Crippen LogP contribution in [0.5, 0.6) is 0 Å². The van der Waals surface area contributed by atoms with Gasteiger partial charge in [-0.1, -0.05) is 6.07 Å². The molecule has 1 aromatic carbocycles. The molecule has 1 saturated heterocycles. The lowest BCUT2D eigenvalue weighted by Crippen LogP contribution is -2.48. The zero-order valence-electron chi connectivity index (χ0n) is 14.7. The molecule has 8 heteroatoms. The first-order valence-electron chi connectivity index (χ1n) is 8.26. The van der Waals surface area contributed by atoms with E-state index in [2.05, 4.69) is 10.00 Å². The summed E-state index contributed by atoms with van der Waals surface area (Å²) in [6, 6.07) is 5.18. The zero-order chi connectivity index (χ0) is 18.2. The molecule has 0 bridgehead atoms. The van der Waals surface area contributed by atoms with Crippen LogP contribution in [0.4, 0.5) is 4.39 Å². The molecule has 0 spiro atoms. The summed E-state index contributed by atoms with van der Waals surface area (Å²) in [5.74, 6) is -0.540. The fourth-order valence-electron chi connectivity index (χ4n) is 3.17. The van der Waals surface area contributed by atoms with E-state index in [1.54, 1.807) is 0 Å². The van der Waals surface area contributed by atoms with E-state index in [4.69, 9.17) is 0 Å². The van der Waals surface area contributed by atoms with E-state index in [0.29, 0.717) is 26.2 Å². The van der Waals surface area contributed by atoms with Gasteiger partial charge in [-0.2, -0.15) is 9.40 Å². The van der Waals surface area contributed by atoms with Crippen LogP contribution in [0.2, 0.25) is 0 Å². The number of hydrogen-bond acceptors (Lipinski definition) is 4. The molecule has 0 N–H and O–H groups in total. The molecule has 1 fully saturated rings. The fraction of sp³-hybridized carbons (Fsp3) is 0.471. The Morgan fingerprint density at radius 1 is 1.16 bits per heavy atom. The van der Waals surface area contributed by atoms with Gasteiger partial charge in [-0.25, -0.2) is 12.8 Å². The Labute approximate surface area is 147 Å². The topological polar surface area (TPSA) is 58.4 Å². The van der Waals surface area contributed by atoms with Gasteiger partial charge < -0.3 is 0 Å². The predicted octanol–water partition coefficient (Wildman–Crippen LogP) is 1.68. The van der Waals surface area contributed by atoms with Crippen molar-refractivity contribution in [3.05, 3.63) is 47.0 Å². The molecule has 2 aromatic rings. The summed E-state index contributed by atoms with van der Waals surface area (Å²) >= 11 is 0. The number of sulfonamides is 1. The van der Waals surface area contributed by atoms with Gasteiger partial charge in [0.15, 0.2) is 0 Å². The third-order valence-corrected chi connectivity index (χ3v) is 6.70. The highest BCUT2D eigenvalue weighted by molar-refractivity contribution is 7.89. The first-order valence-corrected chi connectivity index (χ1v) is 9.70. The molecule has 0 radical (unpaired) electrons. The third-order valence-electron chi connectivity index (χ3n) is 4.81. The van der Waals surface area contributed by atoms with Gasteiger partial charge in [-0.05, 0) is 32.0 Å². The van der Waals surface area contributed by atoms with Crippen LogP contribution in [0, 0.1) is 19.7 Å². The molecule has 1 aliphatic heterocycles. The lowest BCUT2D eigenvalue weighted by molar-refractivity contribution is 0.181. The highest BCUT2D eigenvalue weighted by atomic mass is 32.2. The van der Waals surface area contributed by atoms with Crippen LogP contribution in [0.25, 0.3) is 0 Å². The van der Waals surface area contributed by atoms with Crippen molar-refractivity contribution in [1.29, 1.82) is 0 Å². The summed E-state index contributed by atoms with van der Waals surface area (Å²) in [5.41, 5.74) is 3.34. The fourth-order valence-corrected chi connectivity index (χ4v) is 4.63. The molecule has 0 aliphatic carbocycles. The van der Waals surface area contributed by atoms with Crippen LogP contribution in [-0.2, 0) is 23.6 Å². The second kappa shape index (κ2) is 6.86. The number of aromatic nitrogens is 2. The minimum atomic E-state index is -3.64. The van der Waals surface area contributed by atoms with E-state index in [-0.39, 0.29) is 4.90 Å². The normalized spacial score (nSPS) is 17.1. The highest BCUT2D eigenvalue weighted by Crippen LogP contribution is 2.20. The Hall–Kier alpha value is -1.77. The molecule has 136 valence electrons. The van der Waals surface area contributed by atoms with Crippen LogP contribution >= 0.6 is 0 Å². The number of piperazine rings is 1. The van der Waals surface area contributed by atoms with Gasteiger partial charge in [0.2, 0.25) is 10.0 Å². The number of hydrogen-bond donors (Lipinski definition) is 0. The van der Waals surface area contributed by atoms with Crippen molar-refractivity contribution in [3.8, 4) is 0 Å². The molecule has 25 heavy (non-hydrogen) atoms. The van der Waals surface area contributed by atoms with Gasteiger partial charge in [0, 0.05) is 51.0 Å². The van der Waals surface area contributed by atoms with Crippen molar-refractivity contribution in [2.45, 2.75) is 25.3 Å². The van der Waals surface area contributed by atoms with Gasteiger partial charge in [-0.3, -0.25) is 9.58 Å². The van der Waals surface area contributed by atoms with Crippen LogP contribution < -0.4 is 0 Å². The molecule has 0 saturated carbocycles. The number of halogens is 1. The maximum absolute atomic E-state index is 13.3. The monoisotopic (exact) mass is 366 g/mol. The smallest absolute Gasteiger partial charge is 0.243 e. The third kappa shape index (κ3) is 3.61. The summed E-state index contributed by atoms with van der Waals surface area (Å²) in [5, 5.41) is 4.43. The van der Waals surface area contributed by atoms with Crippen molar-refractivity contribution >= 4 is 10.0 Å². The standard InChI is InChI=1S/C17H23FN4O2S/c1-13-17(14(2)20(3)19-13)12-21-7-9-22(10-8-21)25(23,24)16-6-4-5-15(18)11-16/h4-6,11H,7-10,12H2,1-3H3. The highest BCUT2D eigenvalue weighted by Gasteiger charge is 2.29. The summed E-state index contributed by atoms with van der Waals surface area (Å²) < 4.78 is 41.9. The quantitative estimate of drug-likeness (QED) is 0.826. The van der Waals surface area contributed by atoms with Gasteiger partial charge in [0.05, 0.1) is 10.6 Å². The van der Waals surface area contributed by atoms with Crippen molar-refractivity contribution < 1.29 is 12.8 Å². The van der Waals surface area contributed by atoms with Crippen LogP contribution in [-0.4, -0.2) is 53.6 Å². The minimum absolute atomic E-state index is 0.0138. The van der Waals surface area contributed by atoms with Crippen LogP contribution in [0.15, 0.2) is 29.2 Å².